The molecule has 2 N–H and O–H groups in total. The van der Waals surface area contributed by atoms with Gasteiger partial charge in [0.25, 0.3) is 0 Å². The van der Waals surface area contributed by atoms with E-state index in [1.54, 1.807) is 0 Å². The number of fused-ring (bicyclic) bond motifs is 6. The van der Waals surface area contributed by atoms with Crippen molar-refractivity contribution in [2.24, 2.45) is 0 Å². The van der Waals surface area contributed by atoms with Crippen molar-refractivity contribution in [1.82, 2.24) is 9.97 Å². The number of unbranched alkanes of at least 4 members (excludes halogenated alkanes) is 2. The average molecular weight is 361 g/mol. The van der Waals surface area contributed by atoms with Crippen molar-refractivity contribution in [3.63, 3.8) is 0 Å². The molecule has 0 aliphatic carbocycles. The quantitative estimate of drug-likeness (QED) is 0.314. The summed E-state index contributed by atoms with van der Waals surface area (Å²) in [5.74, 6) is 0. The van der Waals surface area contributed by atoms with Crippen LogP contribution in [0.3, 0.4) is 0 Å². The van der Waals surface area contributed by atoms with E-state index in [-0.39, 0.29) is 0 Å². The van der Waals surface area contributed by atoms with Gasteiger partial charge in [-0.05, 0) is 30.5 Å². The average Bonchev–Trinajstić information content (AvgIpc) is 3.24. The molecule has 0 bridgehead atoms. The lowest BCUT2D eigenvalue weighted by molar-refractivity contribution is 0.721. The first kappa shape index (κ1) is 15.8. The first-order valence-electron chi connectivity index (χ1n) is 9.40. The largest absolute Gasteiger partial charge is 0.354 e. The molecule has 0 radical (unpaired) electrons. The van der Waals surface area contributed by atoms with E-state index < -0.39 is 0 Å². The van der Waals surface area contributed by atoms with E-state index in [4.69, 9.17) is 11.6 Å². The third-order valence-corrected chi connectivity index (χ3v) is 5.86. The number of benzene rings is 3. The van der Waals surface area contributed by atoms with Crippen LogP contribution in [0, 0.1) is 0 Å². The Labute approximate surface area is 157 Å². The molecule has 0 saturated heterocycles. The van der Waals surface area contributed by atoms with Crippen molar-refractivity contribution in [2.45, 2.75) is 32.6 Å². The fourth-order valence-electron chi connectivity index (χ4n) is 4.27. The number of aryl methyl sites for hydroxylation is 1. The number of aromatic amines is 2. The molecule has 0 unspecified atom stereocenters. The maximum absolute atomic E-state index is 6.95. The molecule has 0 aliphatic heterocycles. The lowest BCUT2D eigenvalue weighted by atomic mass is 9.97. The molecule has 3 aromatic carbocycles. The number of aromatic nitrogens is 2. The van der Waals surface area contributed by atoms with Gasteiger partial charge in [0.1, 0.15) is 0 Å². The van der Waals surface area contributed by atoms with Gasteiger partial charge in [-0.2, -0.15) is 0 Å². The highest BCUT2D eigenvalue weighted by atomic mass is 35.5. The second-order valence-electron chi connectivity index (χ2n) is 7.09. The van der Waals surface area contributed by atoms with Crippen molar-refractivity contribution in [3.05, 3.63) is 59.1 Å². The molecule has 2 aromatic heterocycles. The van der Waals surface area contributed by atoms with Crippen LogP contribution < -0.4 is 0 Å². The summed E-state index contributed by atoms with van der Waals surface area (Å²) < 4.78 is 0. The van der Waals surface area contributed by atoms with E-state index >= 15 is 0 Å². The first-order chi connectivity index (χ1) is 12.8. The molecule has 3 heteroatoms. The zero-order chi connectivity index (χ0) is 17.7. The number of hydrogen-bond acceptors (Lipinski definition) is 0. The number of nitrogens with one attached hydrogen (secondary N) is 2. The summed E-state index contributed by atoms with van der Waals surface area (Å²) in [5, 5.41) is 5.71. The molecule has 5 rings (SSSR count). The van der Waals surface area contributed by atoms with Crippen molar-refractivity contribution in [1.29, 1.82) is 0 Å². The van der Waals surface area contributed by atoms with Crippen LogP contribution in [0.4, 0.5) is 0 Å². The Morgan fingerprint density at radius 2 is 1.38 bits per heavy atom. The summed E-state index contributed by atoms with van der Waals surface area (Å²) in [6.07, 6.45) is 4.72. The van der Waals surface area contributed by atoms with E-state index in [1.807, 2.05) is 0 Å². The van der Waals surface area contributed by atoms with Crippen molar-refractivity contribution < 1.29 is 0 Å². The van der Waals surface area contributed by atoms with Crippen LogP contribution in [0.25, 0.3) is 43.6 Å². The Kier molecular flexibility index (Phi) is 3.68. The van der Waals surface area contributed by atoms with Crippen molar-refractivity contribution in [2.75, 3.05) is 0 Å². The molecule has 0 amide bonds. The van der Waals surface area contributed by atoms with Gasteiger partial charge in [0, 0.05) is 32.6 Å². The molecular formula is C23H21ClN2. The van der Waals surface area contributed by atoms with Gasteiger partial charge in [-0.25, -0.2) is 0 Å². The summed E-state index contributed by atoms with van der Waals surface area (Å²) >= 11 is 6.95. The second kappa shape index (κ2) is 6.07. The fraction of sp³-hybridized carbons (Fsp3) is 0.217. The van der Waals surface area contributed by atoms with Gasteiger partial charge in [-0.3, -0.25) is 0 Å². The van der Waals surface area contributed by atoms with E-state index in [0.29, 0.717) is 0 Å². The summed E-state index contributed by atoms with van der Waals surface area (Å²) in [4.78, 5) is 7.24. The number of para-hydroxylation sites is 2. The summed E-state index contributed by atoms with van der Waals surface area (Å²) in [6.45, 7) is 2.25. The monoisotopic (exact) mass is 360 g/mol. The first-order valence-corrected chi connectivity index (χ1v) is 9.78. The molecule has 5 aromatic rings. The normalized spacial score (nSPS) is 12.1. The molecular weight excluding hydrogens is 340 g/mol. The van der Waals surface area contributed by atoms with Gasteiger partial charge in [-0.15, -0.1) is 0 Å². The zero-order valence-corrected chi connectivity index (χ0v) is 15.6. The Hall–Kier alpha value is -2.45. The van der Waals surface area contributed by atoms with Crippen LogP contribution in [0.5, 0.6) is 0 Å². The third-order valence-electron chi connectivity index (χ3n) is 5.49. The minimum absolute atomic E-state index is 0.822. The van der Waals surface area contributed by atoms with Crippen LogP contribution in [0.1, 0.15) is 31.7 Å². The fourth-order valence-corrected chi connectivity index (χ4v) is 4.61. The minimum atomic E-state index is 0.822. The number of halogens is 1. The maximum atomic E-state index is 6.95. The van der Waals surface area contributed by atoms with Crippen molar-refractivity contribution in [3.8, 4) is 0 Å². The number of rotatable bonds is 4. The highest BCUT2D eigenvalue weighted by Crippen LogP contribution is 2.43. The van der Waals surface area contributed by atoms with Crippen LogP contribution >= 0.6 is 11.6 Å². The number of H-pyrrole nitrogens is 2. The standard InChI is InChI=1S/C23H21ClN2/c1-2-3-4-11-16-19-14-9-5-7-12-17(14)26-23(19)21(24)20-15-10-6-8-13-18(15)25-22(16)20/h5-10,12-13,25-26H,2-4,11H2,1H3. The molecule has 0 atom stereocenters. The van der Waals surface area contributed by atoms with Gasteiger partial charge < -0.3 is 9.97 Å². The Morgan fingerprint density at radius 3 is 2.08 bits per heavy atom. The summed E-state index contributed by atoms with van der Waals surface area (Å²) in [6, 6.07) is 17.0. The second-order valence-corrected chi connectivity index (χ2v) is 7.47. The summed E-state index contributed by atoms with van der Waals surface area (Å²) in [5.41, 5.74) is 5.96. The lowest BCUT2D eigenvalue weighted by Gasteiger charge is -2.09. The predicted octanol–water partition coefficient (Wildman–Crippen LogP) is 7.34. The topological polar surface area (TPSA) is 31.6 Å². The molecule has 0 spiro atoms. The minimum Gasteiger partial charge on any atom is -0.354 e. The predicted molar refractivity (Wildman–Crippen MR) is 113 cm³/mol. The SMILES string of the molecule is CCCCCc1c2[nH]c3ccccc3c2c(Cl)c2[nH]c3ccccc3c12. The van der Waals surface area contributed by atoms with Crippen molar-refractivity contribution >= 4 is 55.2 Å². The van der Waals surface area contributed by atoms with Gasteiger partial charge in [0.2, 0.25) is 0 Å². The smallest absolute Gasteiger partial charge is 0.0747 e. The summed E-state index contributed by atoms with van der Waals surface area (Å²) in [7, 11) is 0. The lowest BCUT2D eigenvalue weighted by Crippen LogP contribution is -1.91. The van der Waals surface area contributed by atoms with Gasteiger partial charge in [-0.1, -0.05) is 67.8 Å². The maximum Gasteiger partial charge on any atom is 0.0747 e. The van der Waals surface area contributed by atoms with Gasteiger partial charge in [0.05, 0.1) is 16.1 Å². The highest BCUT2D eigenvalue weighted by molar-refractivity contribution is 6.44. The van der Waals surface area contributed by atoms with E-state index in [1.165, 1.54) is 46.5 Å². The number of hydrogen-bond donors (Lipinski definition) is 2. The molecule has 0 aliphatic rings. The van der Waals surface area contributed by atoms with Crippen LogP contribution in [-0.4, -0.2) is 9.97 Å². The zero-order valence-electron chi connectivity index (χ0n) is 14.8. The van der Waals surface area contributed by atoms with Gasteiger partial charge in [0.15, 0.2) is 0 Å². The molecule has 26 heavy (non-hydrogen) atoms. The molecule has 2 heterocycles. The Morgan fingerprint density at radius 1 is 0.769 bits per heavy atom. The van der Waals surface area contributed by atoms with Crippen LogP contribution in [0.15, 0.2) is 48.5 Å². The highest BCUT2D eigenvalue weighted by Gasteiger charge is 2.20. The molecule has 2 nitrogen and oxygen atoms in total. The molecule has 0 saturated carbocycles. The van der Waals surface area contributed by atoms with Crippen LogP contribution in [-0.2, 0) is 6.42 Å². The Balaban J connectivity index is 1.96. The van der Waals surface area contributed by atoms with E-state index in [0.717, 1.165) is 33.4 Å². The van der Waals surface area contributed by atoms with Crippen LogP contribution in [0.2, 0.25) is 5.02 Å². The van der Waals surface area contributed by atoms with E-state index in [9.17, 15) is 0 Å². The Bertz CT molecular complexity index is 1250. The van der Waals surface area contributed by atoms with Gasteiger partial charge >= 0.3 is 0 Å². The molecule has 0 fully saturated rings. The van der Waals surface area contributed by atoms with E-state index in [2.05, 4.69) is 65.4 Å². The molecule has 130 valence electrons. The third kappa shape index (κ3) is 2.18.